The zero-order valence-corrected chi connectivity index (χ0v) is 12.4. The van der Waals surface area contributed by atoms with E-state index in [2.05, 4.69) is 0 Å². The van der Waals surface area contributed by atoms with E-state index in [1.54, 1.807) is 30.1 Å². The van der Waals surface area contributed by atoms with Crippen molar-refractivity contribution in [2.45, 2.75) is 33.2 Å². The minimum Gasteiger partial charge on any atom is -0.478 e. The van der Waals surface area contributed by atoms with E-state index in [9.17, 15) is 9.59 Å². The Labute approximate surface area is 119 Å². The van der Waals surface area contributed by atoms with Gasteiger partial charge in [-0.3, -0.25) is 4.79 Å². The van der Waals surface area contributed by atoms with Crippen LogP contribution >= 0.6 is 0 Å². The lowest BCUT2D eigenvalue weighted by Gasteiger charge is -2.24. The number of hydrogen-bond donors (Lipinski definition) is 1. The molecule has 0 fully saturated rings. The summed E-state index contributed by atoms with van der Waals surface area (Å²) in [4.78, 5) is 24.5. The van der Waals surface area contributed by atoms with Gasteiger partial charge in [-0.25, -0.2) is 4.79 Å². The molecule has 20 heavy (non-hydrogen) atoms. The molecule has 1 aromatic rings. The van der Waals surface area contributed by atoms with Crippen LogP contribution in [0, 0.1) is 6.92 Å². The molecule has 1 atom stereocenters. The van der Waals surface area contributed by atoms with Crippen molar-refractivity contribution in [1.82, 2.24) is 4.90 Å². The van der Waals surface area contributed by atoms with Gasteiger partial charge >= 0.3 is 5.97 Å². The number of benzene rings is 1. The Morgan fingerprint density at radius 3 is 2.55 bits per heavy atom. The summed E-state index contributed by atoms with van der Waals surface area (Å²) in [6.07, 6.45) is 3.53. The van der Waals surface area contributed by atoms with E-state index in [0.29, 0.717) is 5.56 Å². The highest BCUT2D eigenvalue weighted by atomic mass is 16.4. The van der Waals surface area contributed by atoms with E-state index in [1.807, 2.05) is 20.8 Å². The van der Waals surface area contributed by atoms with Gasteiger partial charge in [-0.15, -0.1) is 0 Å². The van der Waals surface area contributed by atoms with Crippen molar-refractivity contribution in [3.63, 3.8) is 0 Å². The summed E-state index contributed by atoms with van der Waals surface area (Å²) in [6, 6.07) is 5.49. The largest absolute Gasteiger partial charge is 0.478 e. The zero-order valence-electron chi connectivity index (χ0n) is 12.4. The third kappa shape index (κ3) is 3.95. The molecule has 1 N–H and O–H groups in total. The number of amides is 1. The van der Waals surface area contributed by atoms with Gasteiger partial charge in [0, 0.05) is 24.7 Å². The first-order valence-electron chi connectivity index (χ1n) is 6.65. The lowest BCUT2D eigenvalue weighted by Crippen LogP contribution is -2.34. The number of rotatable bonds is 5. The third-order valence-electron chi connectivity index (χ3n) is 3.49. The van der Waals surface area contributed by atoms with Crippen LogP contribution in [0.25, 0.3) is 6.08 Å². The topological polar surface area (TPSA) is 57.6 Å². The van der Waals surface area contributed by atoms with Crippen LogP contribution in [-0.2, 0) is 4.79 Å². The molecule has 0 radical (unpaired) electrons. The molecule has 1 amide bonds. The molecule has 0 saturated heterocycles. The highest BCUT2D eigenvalue weighted by Crippen LogP contribution is 2.15. The minimum atomic E-state index is -0.985. The average molecular weight is 275 g/mol. The maximum Gasteiger partial charge on any atom is 0.328 e. The SMILES string of the molecule is CCC(C)N(C)C(=O)c1ccc(/C=C/C(=O)O)c(C)c1. The van der Waals surface area contributed by atoms with Crippen LogP contribution in [-0.4, -0.2) is 35.0 Å². The van der Waals surface area contributed by atoms with Gasteiger partial charge in [0.25, 0.3) is 5.91 Å². The summed E-state index contributed by atoms with van der Waals surface area (Å²) < 4.78 is 0. The Morgan fingerprint density at radius 1 is 1.40 bits per heavy atom. The van der Waals surface area contributed by atoms with Crippen LogP contribution < -0.4 is 0 Å². The minimum absolute atomic E-state index is 0.0174. The van der Waals surface area contributed by atoms with Gasteiger partial charge in [-0.1, -0.05) is 13.0 Å². The second-order valence-electron chi connectivity index (χ2n) is 4.92. The van der Waals surface area contributed by atoms with E-state index in [-0.39, 0.29) is 11.9 Å². The van der Waals surface area contributed by atoms with Crippen LogP contribution in [0.1, 0.15) is 41.8 Å². The Morgan fingerprint density at radius 2 is 2.05 bits per heavy atom. The van der Waals surface area contributed by atoms with Crippen LogP contribution in [0.2, 0.25) is 0 Å². The van der Waals surface area contributed by atoms with Crippen LogP contribution in [0.5, 0.6) is 0 Å². The van der Waals surface area contributed by atoms with Gasteiger partial charge in [0.15, 0.2) is 0 Å². The number of nitrogens with zero attached hydrogens (tertiary/aromatic N) is 1. The predicted molar refractivity (Wildman–Crippen MR) is 79.7 cm³/mol. The highest BCUT2D eigenvalue weighted by molar-refractivity contribution is 5.95. The zero-order chi connectivity index (χ0) is 15.3. The molecule has 0 aliphatic heterocycles. The molecule has 0 saturated carbocycles. The van der Waals surface area contributed by atoms with Crippen LogP contribution in [0.3, 0.4) is 0 Å². The number of hydrogen-bond acceptors (Lipinski definition) is 2. The van der Waals surface area contributed by atoms with E-state index in [0.717, 1.165) is 23.6 Å². The van der Waals surface area contributed by atoms with Crippen molar-refractivity contribution in [3.8, 4) is 0 Å². The van der Waals surface area contributed by atoms with Crippen molar-refractivity contribution in [3.05, 3.63) is 41.0 Å². The molecule has 0 bridgehead atoms. The standard InChI is InChI=1S/C16H21NO3/c1-5-12(3)17(4)16(20)14-7-6-13(11(2)10-14)8-9-15(18)19/h6-10,12H,5H2,1-4H3,(H,18,19)/b9-8+. The van der Waals surface area contributed by atoms with E-state index < -0.39 is 5.97 Å². The molecule has 1 aromatic carbocycles. The molecule has 108 valence electrons. The van der Waals surface area contributed by atoms with Crippen molar-refractivity contribution in [2.75, 3.05) is 7.05 Å². The Kier molecular flexibility index (Phi) is 5.50. The summed E-state index contributed by atoms with van der Waals surface area (Å²) in [6.45, 7) is 5.91. The quantitative estimate of drug-likeness (QED) is 0.840. The molecule has 0 aromatic heterocycles. The number of carboxylic acid groups (broad SMARTS) is 1. The number of aliphatic carboxylic acids is 1. The van der Waals surface area contributed by atoms with Crippen molar-refractivity contribution >= 4 is 18.0 Å². The van der Waals surface area contributed by atoms with Crippen molar-refractivity contribution < 1.29 is 14.7 Å². The van der Waals surface area contributed by atoms with Gasteiger partial charge in [-0.2, -0.15) is 0 Å². The molecule has 0 spiro atoms. The molecule has 0 heterocycles. The van der Waals surface area contributed by atoms with Gasteiger partial charge in [0.1, 0.15) is 0 Å². The Balaban J connectivity index is 2.97. The fourth-order valence-electron chi connectivity index (χ4n) is 1.83. The van der Waals surface area contributed by atoms with E-state index >= 15 is 0 Å². The second-order valence-corrected chi connectivity index (χ2v) is 4.92. The van der Waals surface area contributed by atoms with Crippen molar-refractivity contribution in [1.29, 1.82) is 0 Å². The summed E-state index contributed by atoms with van der Waals surface area (Å²) in [5, 5.41) is 8.62. The lowest BCUT2D eigenvalue weighted by molar-refractivity contribution is -0.131. The maximum atomic E-state index is 12.3. The molecule has 0 aliphatic rings. The number of carbonyl (C=O) groups excluding carboxylic acids is 1. The van der Waals surface area contributed by atoms with Gasteiger partial charge in [-0.05, 0) is 49.6 Å². The fourth-order valence-corrected chi connectivity index (χ4v) is 1.83. The first kappa shape index (κ1) is 16.0. The summed E-state index contributed by atoms with van der Waals surface area (Å²) >= 11 is 0. The fraction of sp³-hybridized carbons (Fsp3) is 0.375. The molecule has 0 aliphatic carbocycles. The van der Waals surface area contributed by atoms with Gasteiger partial charge < -0.3 is 10.0 Å². The molecule has 1 rings (SSSR count). The summed E-state index contributed by atoms with van der Waals surface area (Å²) in [7, 11) is 1.80. The van der Waals surface area contributed by atoms with Crippen molar-refractivity contribution in [2.24, 2.45) is 0 Å². The lowest BCUT2D eigenvalue weighted by atomic mass is 10.0. The molecule has 4 heteroatoms. The van der Waals surface area contributed by atoms with E-state index in [1.165, 1.54) is 6.08 Å². The summed E-state index contributed by atoms with van der Waals surface area (Å²) in [5.74, 6) is -1.00. The number of carbonyl (C=O) groups is 2. The Hall–Kier alpha value is -2.10. The second kappa shape index (κ2) is 6.89. The van der Waals surface area contributed by atoms with Gasteiger partial charge in [0.2, 0.25) is 0 Å². The third-order valence-corrected chi connectivity index (χ3v) is 3.49. The smallest absolute Gasteiger partial charge is 0.328 e. The molecular weight excluding hydrogens is 254 g/mol. The predicted octanol–water partition coefficient (Wildman–Crippen LogP) is 2.96. The average Bonchev–Trinajstić information content (AvgIpc) is 2.43. The first-order valence-corrected chi connectivity index (χ1v) is 6.65. The van der Waals surface area contributed by atoms with E-state index in [4.69, 9.17) is 5.11 Å². The molecular formula is C16H21NO3. The molecule has 1 unspecified atom stereocenters. The monoisotopic (exact) mass is 275 g/mol. The number of aryl methyl sites for hydroxylation is 1. The summed E-state index contributed by atoms with van der Waals surface area (Å²) in [5.41, 5.74) is 2.30. The number of carboxylic acids is 1. The highest BCUT2D eigenvalue weighted by Gasteiger charge is 2.16. The first-order chi connectivity index (χ1) is 9.36. The Bertz CT molecular complexity index is 535. The van der Waals surface area contributed by atoms with Crippen LogP contribution in [0.15, 0.2) is 24.3 Å². The van der Waals surface area contributed by atoms with Gasteiger partial charge in [0.05, 0.1) is 0 Å². The van der Waals surface area contributed by atoms with Crippen LogP contribution in [0.4, 0.5) is 0 Å². The maximum absolute atomic E-state index is 12.3. The molecule has 4 nitrogen and oxygen atoms in total. The normalized spacial score (nSPS) is 12.4.